The average molecular weight is 212 g/mol. The van der Waals surface area contributed by atoms with Gasteiger partial charge in [0.2, 0.25) is 0 Å². The first kappa shape index (κ1) is 13.0. The monoisotopic (exact) mass is 212 g/mol. The van der Waals surface area contributed by atoms with Crippen LogP contribution in [0.25, 0.3) is 0 Å². The number of nitrogens with zero attached hydrogens (tertiary/aromatic N) is 1. The van der Waals surface area contributed by atoms with Crippen LogP contribution in [0.5, 0.6) is 0 Å². The van der Waals surface area contributed by atoms with Crippen LogP contribution in [0.1, 0.15) is 52.9 Å². The van der Waals surface area contributed by atoms with E-state index in [2.05, 4.69) is 31.0 Å². The van der Waals surface area contributed by atoms with Gasteiger partial charge in [-0.2, -0.15) is 0 Å². The number of nitrogens with one attached hydrogen (secondary N) is 1. The summed E-state index contributed by atoms with van der Waals surface area (Å²) in [4.78, 5) is 2.72. The van der Waals surface area contributed by atoms with Gasteiger partial charge in [-0.1, -0.05) is 27.2 Å². The highest BCUT2D eigenvalue weighted by Crippen LogP contribution is 2.14. The molecule has 0 aromatic heterocycles. The molecule has 2 unspecified atom stereocenters. The Morgan fingerprint density at radius 3 is 2.73 bits per heavy atom. The highest BCUT2D eigenvalue weighted by atomic mass is 15.2. The van der Waals surface area contributed by atoms with Crippen molar-refractivity contribution in [1.29, 1.82) is 0 Å². The van der Waals surface area contributed by atoms with E-state index in [1.54, 1.807) is 0 Å². The molecule has 2 heteroatoms. The molecule has 2 atom stereocenters. The molecule has 1 N–H and O–H groups in total. The van der Waals surface area contributed by atoms with Crippen molar-refractivity contribution in [3.05, 3.63) is 0 Å². The predicted octanol–water partition coefficient (Wildman–Crippen LogP) is 2.64. The summed E-state index contributed by atoms with van der Waals surface area (Å²) in [6.07, 6.45) is 6.58. The standard InChI is InChI=1S/C13H28N2/c1-4-8-13(6-3)15-10-7-9-14-12(5-2)11-15/h12-14H,4-11H2,1-3H3. The smallest absolute Gasteiger partial charge is 0.0192 e. The van der Waals surface area contributed by atoms with E-state index in [0.717, 1.165) is 12.1 Å². The summed E-state index contributed by atoms with van der Waals surface area (Å²) in [6.45, 7) is 10.7. The molecule has 0 amide bonds. The second-order valence-electron chi connectivity index (χ2n) is 4.76. The van der Waals surface area contributed by atoms with Crippen LogP contribution in [-0.2, 0) is 0 Å². The van der Waals surface area contributed by atoms with Crippen molar-refractivity contribution < 1.29 is 0 Å². The van der Waals surface area contributed by atoms with Crippen LogP contribution in [0.3, 0.4) is 0 Å². The summed E-state index contributed by atoms with van der Waals surface area (Å²) < 4.78 is 0. The molecule has 1 heterocycles. The zero-order valence-corrected chi connectivity index (χ0v) is 10.8. The van der Waals surface area contributed by atoms with E-state index in [4.69, 9.17) is 0 Å². The van der Waals surface area contributed by atoms with E-state index in [0.29, 0.717) is 0 Å². The Labute approximate surface area is 95.4 Å². The minimum Gasteiger partial charge on any atom is -0.313 e. The van der Waals surface area contributed by atoms with Crippen LogP contribution < -0.4 is 5.32 Å². The van der Waals surface area contributed by atoms with E-state index in [-0.39, 0.29) is 0 Å². The van der Waals surface area contributed by atoms with Gasteiger partial charge in [0.1, 0.15) is 0 Å². The molecular weight excluding hydrogens is 184 g/mol. The molecule has 1 saturated heterocycles. The Hall–Kier alpha value is -0.0800. The average Bonchev–Trinajstić information content (AvgIpc) is 2.51. The first-order valence-electron chi connectivity index (χ1n) is 6.79. The number of hydrogen-bond donors (Lipinski definition) is 1. The molecule has 15 heavy (non-hydrogen) atoms. The van der Waals surface area contributed by atoms with Gasteiger partial charge in [-0.25, -0.2) is 0 Å². The first-order valence-corrected chi connectivity index (χ1v) is 6.79. The summed E-state index contributed by atoms with van der Waals surface area (Å²) in [5.41, 5.74) is 0. The van der Waals surface area contributed by atoms with Crippen LogP contribution in [-0.4, -0.2) is 36.6 Å². The molecule has 1 fully saturated rings. The third kappa shape index (κ3) is 4.12. The molecule has 90 valence electrons. The van der Waals surface area contributed by atoms with E-state index in [1.807, 2.05) is 0 Å². The Morgan fingerprint density at radius 1 is 1.33 bits per heavy atom. The molecule has 0 spiro atoms. The van der Waals surface area contributed by atoms with Gasteiger partial charge in [-0.05, 0) is 38.8 Å². The topological polar surface area (TPSA) is 15.3 Å². The lowest BCUT2D eigenvalue weighted by Crippen LogP contribution is -2.42. The Balaban J connectivity index is 2.48. The fourth-order valence-corrected chi connectivity index (χ4v) is 2.61. The van der Waals surface area contributed by atoms with E-state index < -0.39 is 0 Å². The molecular formula is C13H28N2. The summed E-state index contributed by atoms with van der Waals surface area (Å²) in [6, 6.07) is 1.54. The normalized spacial score (nSPS) is 26.2. The fourth-order valence-electron chi connectivity index (χ4n) is 2.61. The molecule has 1 aliphatic rings. The highest BCUT2D eigenvalue weighted by molar-refractivity contribution is 4.79. The summed E-state index contributed by atoms with van der Waals surface area (Å²) in [7, 11) is 0. The third-order valence-electron chi connectivity index (χ3n) is 3.61. The van der Waals surface area contributed by atoms with Crippen molar-refractivity contribution in [1.82, 2.24) is 10.2 Å². The summed E-state index contributed by atoms with van der Waals surface area (Å²) in [5, 5.41) is 3.64. The van der Waals surface area contributed by atoms with Crippen molar-refractivity contribution in [2.45, 2.75) is 65.0 Å². The molecule has 2 nitrogen and oxygen atoms in total. The maximum Gasteiger partial charge on any atom is 0.0192 e. The van der Waals surface area contributed by atoms with Gasteiger partial charge in [-0.15, -0.1) is 0 Å². The third-order valence-corrected chi connectivity index (χ3v) is 3.61. The van der Waals surface area contributed by atoms with Gasteiger partial charge >= 0.3 is 0 Å². The first-order chi connectivity index (χ1) is 7.31. The number of rotatable bonds is 5. The molecule has 0 saturated carbocycles. The molecule has 0 radical (unpaired) electrons. The predicted molar refractivity (Wildman–Crippen MR) is 67.3 cm³/mol. The number of hydrogen-bond acceptors (Lipinski definition) is 2. The lowest BCUT2D eigenvalue weighted by Gasteiger charge is -2.31. The van der Waals surface area contributed by atoms with Crippen LogP contribution >= 0.6 is 0 Å². The van der Waals surface area contributed by atoms with Gasteiger partial charge in [0.25, 0.3) is 0 Å². The van der Waals surface area contributed by atoms with Crippen molar-refractivity contribution in [3.63, 3.8) is 0 Å². The van der Waals surface area contributed by atoms with Crippen LogP contribution in [0.4, 0.5) is 0 Å². The Morgan fingerprint density at radius 2 is 2.13 bits per heavy atom. The lowest BCUT2D eigenvalue weighted by atomic mass is 10.1. The Bertz CT molecular complexity index is 159. The van der Waals surface area contributed by atoms with Gasteiger partial charge in [0.15, 0.2) is 0 Å². The second-order valence-corrected chi connectivity index (χ2v) is 4.76. The van der Waals surface area contributed by atoms with Crippen LogP contribution in [0.15, 0.2) is 0 Å². The lowest BCUT2D eigenvalue weighted by molar-refractivity contribution is 0.176. The maximum absolute atomic E-state index is 3.64. The zero-order valence-electron chi connectivity index (χ0n) is 10.8. The maximum atomic E-state index is 3.64. The molecule has 1 rings (SSSR count). The molecule has 1 aliphatic heterocycles. The molecule has 0 aromatic rings. The van der Waals surface area contributed by atoms with Gasteiger partial charge < -0.3 is 5.32 Å². The van der Waals surface area contributed by atoms with Crippen LogP contribution in [0, 0.1) is 0 Å². The Kier molecular flexibility index (Phi) is 6.26. The van der Waals surface area contributed by atoms with E-state index in [1.165, 1.54) is 51.7 Å². The van der Waals surface area contributed by atoms with Crippen molar-refractivity contribution >= 4 is 0 Å². The molecule has 0 aliphatic carbocycles. The van der Waals surface area contributed by atoms with Gasteiger partial charge in [-0.3, -0.25) is 4.90 Å². The van der Waals surface area contributed by atoms with Crippen molar-refractivity contribution in [2.75, 3.05) is 19.6 Å². The summed E-state index contributed by atoms with van der Waals surface area (Å²) in [5.74, 6) is 0. The molecule has 0 aromatic carbocycles. The fraction of sp³-hybridized carbons (Fsp3) is 1.00. The van der Waals surface area contributed by atoms with Crippen molar-refractivity contribution in [3.8, 4) is 0 Å². The van der Waals surface area contributed by atoms with E-state index >= 15 is 0 Å². The van der Waals surface area contributed by atoms with Gasteiger partial charge in [0, 0.05) is 18.6 Å². The summed E-state index contributed by atoms with van der Waals surface area (Å²) >= 11 is 0. The molecule has 0 bridgehead atoms. The highest BCUT2D eigenvalue weighted by Gasteiger charge is 2.21. The zero-order chi connectivity index (χ0) is 11.1. The minimum atomic E-state index is 0.721. The largest absolute Gasteiger partial charge is 0.313 e. The quantitative estimate of drug-likeness (QED) is 0.753. The van der Waals surface area contributed by atoms with Gasteiger partial charge in [0.05, 0.1) is 0 Å². The van der Waals surface area contributed by atoms with Crippen LogP contribution in [0.2, 0.25) is 0 Å². The minimum absolute atomic E-state index is 0.721. The van der Waals surface area contributed by atoms with Crippen molar-refractivity contribution in [2.24, 2.45) is 0 Å². The second kappa shape index (κ2) is 7.24. The van der Waals surface area contributed by atoms with E-state index in [9.17, 15) is 0 Å². The SMILES string of the molecule is CCCC(CC)N1CCCNC(CC)C1.